The van der Waals surface area contributed by atoms with Crippen LogP contribution in [0.5, 0.6) is 5.75 Å². The van der Waals surface area contributed by atoms with Crippen LogP contribution in [0.3, 0.4) is 0 Å². The molecule has 2 aliphatic carbocycles. The van der Waals surface area contributed by atoms with Crippen molar-refractivity contribution in [1.82, 2.24) is 4.98 Å². The molecule has 0 radical (unpaired) electrons. The minimum atomic E-state index is -1.14. The lowest BCUT2D eigenvalue weighted by Gasteiger charge is -2.63. The fourth-order valence-corrected chi connectivity index (χ4v) is 6.68. The molecule has 2 aromatic rings. The average Bonchev–Trinajstić information content (AvgIpc) is 2.73. The number of hydrogen-bond donors (Lipinski definition) is 3. The molecule has 0 saturated heterocycles. The zero-order chi connectivity index (χ0) is 22.1. The lowest BCUT2D eigenvalue weighted by Crippen LogP contribution is -2.68. The molecule has 31 heavy (non-hydrogen) atoms. The highest BCUT2D eigenvalue weighted by molar-refractivity contribution is 5.59. The standard InChI is InChI=1S/C24H29NO6/c1-12-14-9-18(27)24(3)21(23(14,2)7-6-15(12)26)20(28)19-17(31-24)10-16(30-22(19)29)13-5-4-8-25-11-13/h4-5,8,10-12,14-15,18,20-21,26-28H,6-7,9H2,1-3H3/t12-,14?,15?,18?,20?,21?,23?,24-/m1/s1. The molecule has 0 spiro atoms. The molecule has 3 aliphatic rings. The van der Waals surface area contributed by atoms with Gasteiger partial charge in [0.1, 0.15) is 22.7 Å². The molecule has 2 saturated carbocycles. The highest BCUT2D eigenvalue weighted by Crippen LogP contribution is 2.64. The van der Waals surface area contributed by atoms with Crippen LogP contribution < -0.4 is 10.4 Å². The minimum Gasteiger partial charge on any atom is -0.484 e. The molecule has 0 bridgehead atoms. The number of fused-ring (bicyclic) bond motifs is 4. The molecule has 7 heteroatoms. The Labute approximate surface area is 180 Å². The Balaban J connectivity index is 1.64. The summed E-state index contributed by atoms with van der Waals surface area (Å²) in [6, 6.07) is 5.12. The lowest BCUT2D eigenvalue weighted by atomic mass is 9.46. The van der Waals surface area contributed by atoms with Crippen LogP contribution in [0.4, 0.5) is 0 Å². The van der Waals surface area contributed by atoms with Crippen LogP contribution >= 0.6 is 0 Å². The molecule has 6 unspecified atom stereocenters. The van der Waals surface area contributed by atoms with Gasteiger partial charge in [-0.1, -0.05) is 13.8 Å². The third kappa shape index (κ3) is 2.83. The van der Waals surface area contributed by atoms with Gasteiger partial charge < -0.3 is 24.5 Å². The molecular formula is C24H29NO6. The number of nitrogens with zero attached hydrogens (tertiary/aromatic N) is 1. The summed E-state index contributed by atoms with van der Waals surface area (Å²) in [5.41, 5.74) is -1.39. The van der Waals surface area contributed by atoms with Gasteiger partial charge in [0.25, 0.3) is 0 Å². The normalized spacial score (nSPS) is 41.5. The molecule has 3 N–H and O–H groups in total. The number of aliphatic hydroxyl groups is 3. The summed E-state index contributed by atoms with van der Waals surface area (Å²) >= 11 is 0. The Kier molecular flexibility index (Phi) is 4.59. The highest BCUT2D eigenvalue weighted by atomic mass is 16.5. The largest absolute Gasteiger partial charge is 0.484 e. The van der Waals surface area contributed by atoms with E-state index in [9.17, 15) is 20.1 Å². The first-order valence-corrected chi connectivity index (χ1v) is 11.0. The van der Waals surface area contributed by atoms with Crippen molar-refractivity contribution in [1.29, 1.82) is 0 Å². The van der Waals surface area contributed by atoms with Gasteiger partial charge in [-0.05, 0) is 55.6 Å². The monoisotopic (exact) mass is 427 g/mol. The Morgan fingerprint density at radius 1 is 1.23 bits per heavy atom. The number of rotatable bonds is 1. The van der Waals surface area contributed by atoms with Crippen LogP contribution in [-0.2, 0) is 0 Å². The van der Waals surface area contributed by atoms with Crippen LogP contribution in [0, 0.1) is 23.2 Å². The molecule has 5 rings (SSSR count). The second kappa shape index (κ2) is 6.89. The van der Waals surface area contributed by atoms with Gasteiger partial charge in [-0.3, -0.25) is 4.98 Å². The SMILES string of the molecule is C[C@H]1C(O)CCC2(C)C1CC(O)[C@@]1(C)Oc3cc(-c4cccnc4)oc(=O)c3C(O)C21. The van der Waals surface area contributed by atoms with Crippen molar-refractivity contribution in [2.75, 3.05) is 0 Å². The summed E-state index contributed by atoms with van der Waals surface area (Å²) in [5, 5.41) is 33.1. The van der Waals surface area contributed by atoms with Crippen molar-refractivity contribution in [3.8, 4) is 17.1 Å². The van der Waals surface area contributed by atoms with Gasteiger partial charge in [-0.25, -0.2) is 4.79 Å². The molecule has 166 valence electrons. The van der Waals surface area contributed by atoms with Crippen molar-refractivity contribution >= 4 is 0 Å². The van der Waals surface area contributed by atoms with Crippen LogP contribution in [0.2, 0.25) is 0 Å². The summed E-state index contributed by atoms with van der Waals surface area (Å²) in [6.07, 6.45) is 2.57. The van der Waals surface area contributed by atoms with Crippen molar-refractivity contribution in [3.63, 3.8) is 0 Å². The molecule has 3 heterocycles. The number of pyridine rings is 1. The second-order valence-electron chi connectivity index (χ2n) is 9.96. The van der Waals surface area contributed by atoms with Crippen molar-refractivity contribution < 1.29 is 24.5 Å². The number of hydrogen-bond acceptors (Lipinski definition) is 7. The van der Waals surface area contributed by atoms with Crippen molar-refractivity contribution in [3.05, 3.63) is 46.6 Å². The van der Waals surface area contributed by atoms with Gasteiger partial charge in [-0.2, -0.15) is 0 Å². The van der Waals surface area contributed by atoms with E-state index in [2.05, 4.69) is 11.9 Å². The number of aliphatic hydroxyl groups excluding tert-OH is 3. The maximum atomic E-state index is 13.0. The fourth-order valence-electron chi connectivity index (χ4n) is 6.68. The third-order valence-corrected chi connectivity index (χ3v) is 8.37. The highest BCUT2D eigenvalue weighted by Gasteiger charge is 2.66. The van der Waals surface area contributed by atoms with E-state index in [0.29, 0.717) is 30.6 Å². The summed E-state index contributed by atoms with van der Waals surface area (Å²) in [7, 11) is 0. The van der Waals surface area contributed by atoms with Gasteiger partial charge in [0.05, 0.1) is 18.3 Å². The molecular weight excluding hydrogens is 398 g/mol. The first-order chi connectivity index (χ1) is 14.7. The first-order valence-electron chi connectivity index (χ1n) is 11.0. The maximum absolute atomic E-state index is 13.0. The summed E-state index contributed by atoms with van der Waals surface area (Å²) in [5.74, 6) is 0.0198. The molecule has 0 amide bonds. The first kappa shape index (κ1) is 20.7. The van der Waals surface area contributed by atoms with Gasteiger partial charge in [0, 0.05) is 29.9 Å². The van der Waals surface area contributed by atoms with E-state index in [1.165, 1.54) is 0 Å². The van der Waals surface area contributed by atoms with E-state index in [-0.39, 0.29) is 23.1 Å². The predicted octanol–water partition coefficient (Wildman–Crippen LogP) is 2.68. The van der Waals surface area contributed by atoms with Gasteiger partial charge in [0.15, 0.2) is 0 Å². The molecule has 0 aromatic carbocycles. The topological polar surface area (TPSA) is 113 Å². The quantitative estimate of drug-likeness (QED) is 0.641. The molecule has 8 atom stereocenters. The average molecular weight is 427 g/mol. The van der Waals surface area contributed by atoms with E-state index in [4.69, 9.17) is 9.15 Å². The van der Waals surface area contributed by atoms with E-state index < -0.39 is 40.9 Å². The summed E-state index contributed by atoms with van der Waals surface area (Å²) < 4.78 is 11.9. The second-order valence-corrected chi connectivity index (χ2v) is 9.96. The Morgan fingerprint density at radius 2 is 2.00 bits per heavy atom. The third-order valence-electron chi connectivity index (χ3n) is 8.37. The van der Waals surface area contributed by atoms with Crippen molar-refractivity contribution in [2.45, 2.75) is 63.9 Å². The van der Waals surface area contributed by atoms with Crippen molar-refractivity contribution in [2.24, 2.45) is 23.2 Å². The van der Waals surface area contributed by atoms with E-state index in [1.807, 2.05) is 13.8 Å². The summed E-state index contributed by atoms with van der Waals surface area (Å²) in [4.78, 5) is 17.0. The molecule has 2 fully saturated rings. The van der Waals surface area contributed by atoms with E-state index in [1.54, 1.807) is 30.6 Å². The van der Waals surface area contributed by atoms with Crippen LogP contribution in [0.15, 0.2) is 39.8 Å². The zero-order valence-corrected chi connectivity index (χ0v) is 18.0. The molecule has 2 aromatic heterocycles. The van der Waals surface area contributed by atoms with E-state index in [0.717, 1.165) is 0 Å². The van der Waals surface area contributed by atoms with Gasteiger partial charge >= 0.3 is 5.63 Å². The minimum absolute atomic E-state index is 0.00540. The number of ether oxygens (including phenoxy) is 1. The Bertz CT molecular complexity index is 1050. The Morgan fingerprint density at radius 3 is 2.71 bits per heavy atom. The lowest BCUT2D eigenvalue weighted by molar-refractivity contribution is -0.242. The van der Waals surface area contributed by atoms with Gasteiger partial charge in [0.2, 0.25) is 0 Å². The molecule has 1 aliphatic heterocycles. The summed E-state index contributed by atoms with van der Waals surface area (Å²) in [6.45, 7) is 5.92. The maximum Gasteiger partial charge on any atom is 0.345 e. The predicted molar refractivity (Wildman–Crippen MR) is 112 cm³/mol. The number of aromatic nitrogens is 1. The zero-order valence-electron chi connectivity index (χ0n) is 18.0. The van der Waals surface area contributed by atoms with Gasteiger partial charge in [-0.15, -0.1) is 0 Å². The van der Waals surface area contributed by atoms with Crippen LogP contribution in [0.25, 0.3) is 11.3 Å². The smallest absolute Gasteiger partial charge is 0.345 e. The van der Waals surface area contributed by atoms with Crippen LogP contribution in [-0.4, -0.2) is 38.1 Å². The van der Waals surface area contributed by atoms with Crippen LogP contribution in [0.1, 0.15) is 51.7 Å². The van der Waals surface area contributed by atoms with E-state index >= 15 is 0 Å². The Hall–Kier alpha value is -2.22. The fraction of sp³-hybridized carbons (Fsp3) is 0.583. The molecule has 7 nitrogen and oxygen atoms in total.